The number of anilines is 1. The molecular formula is C43H37ClN2O8. The molecule has 10 nitrogen and oxygen atoms in total. The lowest BCUT2D eigenvalue weighted by Gasteiger charge is -2.50. The van der Waals surface area contributed by atoms with E-state index in [1.807, 2.05) is 66.7 Å². The minimum absolute atomic E-state index is 0.0228. The van der Waals surface area contributed by atoms with Gasteiger partial charge in [-0.15, -0.1) is 0 Å². The van der Waals surface area contributed by atoms with E-state index in [0.717, 1.165) is 5.56 Å². The lowest BCUT2D eigenvalue weighted by Crippen LogP contribution is -2.53. The Morgan fingerprint density at radius 1 is 0.852 bits per heavy atom. The van der Waals surface area contributed by atoms with Crippen LogP contribution in [0.3, 0.4) is 0 Å². The van der Waals surface area contributed by atoms with Gasteiger partial charge in [-0.05, 0) is 60.6 Å². The predicted molar refractivity (Wildman–Crippen MR) is 199 cm³/mol. The molecule has 4 aliphatic rings. The number of phenolic OH excluding ortho intramolecular Hbond substituents is 1. The molecule has 0 spiro atoms. The maximum atomic E-state index is 15.4. The summed E-state index contributed by atoms with van der Waals surface area (Å²) in [6.07, 6.45) is 2.15. The fourth-order valence-electron chi connectivity index (χ4n) is 9.36. The van der Waals surface area contributed by atoms with E-state index in [4.69, 9.17) is 16.3 Å². The second-order valence-corrected chi connectivity index (χ2v) is 14.9. The van der Waals surface area contributed by atoms with Crippen molar-refractivity contribution in [2.45, 2.75) is 43.6 Å². The first kappa shape index (κ1) is 35.3. The number of nitrogens with zero attached hydrogens (tertiary/aromatic N) is 2. The number of carboxylic acids is 1. The molecule has 8 rings (SSSR count). The van der Waals surface area contributed by atoms with Gasteiger partial charge in [0.2, 0.25) is 23.6 Å². The number of phenols is 1. The van der Waals surface area contributed by atoms with Gasteiger partial charge in [0.25, 0.3) is 0 Å². The van der Waals surface area contributed by atoms with Gasteiger partial charge in [0.1, 0.15) is 18.1 Å². The summed E-state index contributed by atoms with van der Waals surface area (Å²) in [7, 11) is 0. The zero-order valence-electron chi connectivity index (χ0n) is 29.1. The van der Waals surface area contributed by atoms with Crippen LogP contribution in [0.1, 0.15) is 48.3 Å². The fraction of sp³-hybridized carbons (Fsp3) is 0.279. The monoisotopic (exact) mass is 744 g/mol. The Bertz CT molecular complexity index is 2210. The number of carbonyl (C=O) groups excluding carboxylic acids is 4. The van der Waals surface area contributed by atoms with Gasteiger partial charge in [0.05, 0.1) is 28.9 Å². The number of amides is 4. The van der Waals surface area contributed by atoms with Crippen LogP contribution in [-0.2, 0) is 36.0 Å². The molecule has 4 aromatic rings. The zero-order chi connectivity index (χ0) is 37.7. The Morgan fingerprint density at radius 2 is 1.59 bits per heavy atom. The van der Waals surface area contributed by atoms with Gasteiger partial charge in [0, 0.05) is 35.5 Å². The van der Waals surface area contributed by atoms with E-state index in [1.54, 1.807) is 36.4 Å². The summed E-state index contributed by atoms with van der Waals surface area (Å²) in [5.74, 6) is -6.53. The molecule has 2 heterocycles. The summed E-state index contributed by atoms with van der Waals surface area (Å²) in [4.78, 5) is 71.9. The van der Waals surface area contributed by atoms with Gasteiger partial charge in [0.15, 0.2) is 0 Å². The van der Waals surface area contributed by atoms with E-state index in [0.29, 0.717) is 33.2 Å². The number of ether oxygens (including phenoxy) is 1. The summed E-state index contributed by atoms with van der Waals surface area (Å²) in [6, 6.07) is 30.2. The maximum Gasteiger partial charge on any atom is 0.303 e. The van der Waals surface area contributed by atoms with Crippen LogP contribution in [0, 0.1) is 23.7 Å². The summed E-state index contributed by atoms with van der Waals surface area (Å²) in [5.41, 5.74) is 1.36. The molecule has 11 heteroatoms. The van der Waals surface area contributed by atoms with Crippen molar-refractivity contribution < 1.29 is 38.9 Å². The molecule has 274 valence electrons. The van der Waals surface area contributed by atoms with Crippen molar-refractivity contribution in [3.05, 3.63) is 136 Å². The topological polar surface area (TPSA) is 142 Å². The summed E-state index contributed by atoms with van der Waals surface area (Å²) < 4.78 is 6.04. The van der Waals surface area contributed by atoms with Gasteiger partial charge in [-0.25, -0.2) is 4.90 Å². The van der Waals surface area contributed by atoms with Crippen molar-refractivity contribution in [1.29, 1.82) is 0 Å². The standard InChI is InChI=1S/C43H37ClN2O8/c44-27-13-7-14-28(21-27)46-40(51)34-23-33-30(18-19-32-37(33)41(52)45(39(32)50)20-8-15-36(48)49)38(43(34,42(46)53)26-11-5-2-6-12-26)31-17-16-29(22-35(31)47)54-24-25-9-3-1-4-10-25/h1-7,9-14,16-18,21-22,32-34,37-38,47H,8,15,19-20,23-24H2,(H,48,49). The summed E-state index contributed by atoms with van der Waals surface area (Å²) >= 11 is 6.40. The van der Waals surface area contributed by atoms with Crippen molar-refractivity contribution in [3.8, 4) is 11.5 Å². The number of carboxylic acid groups (broad SMARTS) is 1. The van der Waals surface area contributed by atoms with Crippen molar-refractivity contribution in [3.63, 3.8) is 0 Å². The number of halogens is 1. The molecule has 2 saturated heterocycles. The number of aliphatic carboxylic acids is 1. The van der Waals surface area contributed by atoms with Crippen LogP contribution < -0.4 is 9.64 Å². The Labute approximate surface area is 316 Å². The molecule has 54 heavy (non-hydrogen) atoms. The largest absolute Gasteiger partial charge is 0.508 e. The molecule has 0 bridgehead atoms. The van der Waals surface area contributed by atoms with Gasteiger partial charge in [-0.2, -0.15) is 0 Å². The van der Waals surface area contributed by atoms with Crippen molar-refractivity contribution in [2.75, 3.05) is 11.4 Å². The molecule has 6 atom stereocenters. The Kier molecular flexibility index (Phi) is 9.09. The minimum Gasteiger partial charge on any atom is -0.508 e. The summed E-state index contributed by atoms with van der Waals surface area (Å²) in [5, 5.41) is 21.5. The lowest BCUT2D eigenvalue weighted by molar-refractivity contribution is -0.142. The molecule has 2 aliphatic carbocycles. The molecule has 0 radical (unpaired) electrons. The third kappa shape index (κ3) is 5.67. The van der Waals surface area contributed by atoms with Crippen LogP contribution in [0.15, 0.2) is 115 Å². The highest BCUT2D eigenvalue weighted by molar-refractivity contribution is 6.32. The predicted octanol–water partition coefficient (Wildman–Crippen LogP) is 6.65. The first-order valence-corrected chi connectivity index (χ1v) is 18.4. The van der Waals surface area contributed by atoms with E-state index < -0.39 is 58.7 Å². The SMILES string of the molecule is O=C(O)CCCN1C(=O)C2CC=C3C(CC4C(=O)N(c5cccc(Cl)c5)C(=O)C4(c4ccccc4)C3c3ccc(OCc4ccccc4)cc3O)C2C1=O. The fourth-order valence-corrected chi connectivity index (χ4v) is 9.55. The van der Waals surface area contributed by atoms with Crippen LogP contribution in [0.4, 0.5) is 5.69 Å². The van der Waals surface area contributed by atoms with Crippen molar-refractivity contribution in [1.82, 2.24) is 4.90 Å². The highest BCUT2D eigenvalue weighted by Gasteiger charge is 2.70. The molecule has 4 aromatic carbocycles. The minimum atomic E-state index is -1.55. The van der Waals surface area contributed by atoms with Crippen LogP contribution in [0.2, 0.25) is 5.02 Å². The highest BCUT2D eigenvalue weighted by Crippen LogP contribution is 2.65. The molecule has 0 aromatic heterocycles. The molecule has 1 saturated carbocycles. The number of imide groups is 2. The highest BCUT2D eigenvalue weighted by atomic mass is 35.5. The van der Waals surface area contributed by atoms with Gasteiger partial charge in [-0.3, -0.25) is 28.9 Å². The number of allylic oxidation sites excluding steroid dienone is 2. The molecule has 2 N–H and O–H groups in total. The quantitative estimate of drug-likeness (QED) is 0.136. The molecular weight excluding hydrogens is 708 g/mol. The van der Waals surface area contributed by atoms with Gasteiger partial charge in [-0.1, -0.05) is 96.0 Å². The zero-order valence-corrected chi connectivity index (χ0v) is 29.9. The van der Waals surface area contributed by atoms with Crippen LogP contribution >= 0.6 is 11.6 Å². The van der Waals surface area contributed by atoms with Gasteiger partial charge < -0.3 is 14.9 Å². The average Bonchev–Trinajstić information content (AvgIpc) is 3.55. The van der Waals surface area contributed by atoms with E-state index in [2.05, 4.69) is 0 Å². The van der Waals surface area contributed by atoms with E-state index in [1.165, 1.54) is 15.9 Å². The second kappa shape index (κ2) is 13.9. The first-order chi connectivity index (χ1) is 26.1. The average molecular weight is 745 g/mol. The van der Waals surface area contributed by atoms with Crippen LogP contribution in [0.5, 0.6) is 11.5 Å². The Morgan fingerprint density at radius 3 is 2.30 bits per heavy atom. The molecule has 4 amide bonds. The van der Waals surface area contributed by atoms with E-state index >= 15 is 4.79 Å². The number of hydrogen-bond donors (Lipinski definition) is 2. The number of aromatic hydroxyl groups is 1. The number of fused-ring (bicyclic) bond motifs is 4. The smallest absolute Gasteiger partial charge is 0.303 e. The third-order valence-corrected chi connectivity index (χ3v) is 11.8. The number of likely N-dealkylation sites (tertiary alicyclic amines) is 1. The molecule has 3 fully saturated rings. The number of benzene rings is 4. The summed E-state index contributed by atoms with van der Waals surface area (Å²) in [6.45, 7) is 0.237. The van der Waals surface area contributed by atoms with E-state index in [-0.39, 0.29) is 50.5 Å². The number of hydrogen-bond acceptors (Lipinski definition) is 7. The maximum absolute atomic E-state index is 15.4. The van der Waals surface area contributed by atoms with Crippen LogP contribution in [0.25, 0.3) is 0 Å². The third-order valence-electron chi connectivity index (χ3n) is 11.6. The van der Waals surface area contributed by atoms with Crippen molar-refractivity contribution >= 4 is 46.9 Å². The van der Waals surface area contributed by atoms with Crippen molar-refractivity contribution in [2.24, 2.45) is 23.7 Å². The van der Waals surface area contributed by atoms with Gasteiger partial charge >= 0.3 is 5.97 Å². The first-order valence-electron chi connectivity index (χ1n) is 18.1. The number of carbonyl (C=O) groups is 5. The molecule has 6 unspecified atom stereocenters. The lowest BCUT2D eigenvalue weighted by atomic mass is 9.49. The van der Waals surface area contributed by atoms with Crippen LogP contribution in [-0.4, -0.2) is 51.3 Å². The molecule has 2 aliphatic heterocycles. The normalized spacial score (nSPS) is 25.9. The van der Waals surface area contributed by atoms with E-state index in [9.17, 15) is 29.4 Å². The Hall–Kier alpha value is -5.74. The number of rotatable bonds is 10. The second-order valence-electron chi connectivity index (χ2n) is 14.4. The Balaban J connectivity index is 1.28.